The van der Waals surface area contributed by atoms with Crippen LogP contribution < -0.4 is 11.1 Å². The van der Waals surface area contributed by atoms with Crippen molar-refractivity contribution < 1.29 is 4.79 Å². The summed E-state index contributed by atoms with van der Waals surface area (Å²) in [6.07, 6.45) is 4.31. The minimum absolute atomic E-state index is 0.143. The average molecular weight is 259 g/mol. The molecule has 0 aliphatic rings. The predicted octanol–water partition coefficient (Wildman–Crippen LogP) is 0.853. The standard InChI is InChI=1S/C13H17N5O/c1-2-11-8-10(9-12(14)17-11)13(19)15-5-7-18-6-3-4-16-18/h3-4,6,8-9H,2,5,7H2,1H3,(H2,14,17)(H,15,19). The molecule has 2 rings (SSSR count). The second kappa shape index (κ2) is 5.99. The number of aryl methyl sites for hydroxylation is 1. The van der Waals surface area contributed by atoms with Gasteiger partial charge in [-0.3, -0.25) is 9.48 Å². The van der Waals surface area contributed by atoms with E-state index in [0.29, 0.717) is 24.5 Å². The summed E-state index contributed by atoms with van der Waals surface area (Å²) >= 11 is 0. The number of nitrogen functional groups attached to an aromatic ring is 1. The highest BCUT2D eigenvalue weighted by atomic mass is 16.1. The highest BCUT2D eigenvalue weighted by molar-refractivity contribution is 5.94. The lowest BCUT2D eigenvalue weighted by molar-refractivity contribution is 0.0951. The van der Waals surface area contributed by atoms with Crippen LogP contribution in [-0.4, -0.2) is 27.2 Å². The maximum Gasteiger partial charge on any atom is 0.251 e. The second-order valence-electron chi connectivity index (χ2n) is 4.15. The highest BCUT2D eigenvalue weighted by Gasteiger charge is 2.07. The summed E-state index contributed by atoms with van der Waals surface area (Å²) in [5.74, 6) is 0.229. The number of hydrogen-bond acceptors (Lipinski definition) is 4. The van der Waals surface area contributed by atoms with Gasteiger partial charge in [0.15, 0.2) is 0 Å². The smallest absolute Gasteiger partial charge is 0.251 e. The van der Waals surface area contributed by atoms with Crippen molar-refractivity contribution in [3.05, 3.63) is 41.9 Å². The zero-order valence-corrected chi connectivity index (χ0v) is 10.8. The minimum Gasteiger partial charge on any atom is -0.384 e. The molecule has 0 saturated carbocycles. The number of carbonyl (C=O) groups excluding carboxylic acids is 1. The van der Waals surface area contributed by atoms with Gasteiger partial charge < -0.3 is 11.1 Å². The molecule has 2 aromatic heterocycles. The molecule has 0 aromatic carbocycles. The fourth-order valence-corrected chi connectivity index (χ4v) is 1.74. The van der Waals surface area contributed by atoms with Crippen LogP contribution in [0.2, 0.25) is 0 Å². The Balaban J connectivity index is 1.94. The normalized spacial score (nSPS) is 10.4. The van der Waals surface area contributed by atoms with E-state index in [4.69, 9.17) is 5.73 Å². The number of hydrogen-bond donors (Lipinski definition) is 2. The average Bonchev–Trinajstić information content (AvgIpc) is 2.91. The van der Waals surface area contributed by atoms with Crippen LogP contribution in [0.1, 0.15) is 23.0 Å². The molecule has 3 N–H and O–H groups in total. The first-order valence-electron chi connectivity index (χ1n) is 6.21. The van der Waals surface area contributed by atoms with E-state index in [1.165, 1.54) is 0 Å². The molecule has 1 amide bonds. The summed E-state index contributed by atoms with van der Waals surface area (Å²) in [6, 6.07) is 5.20. The Morgan fingerprint density at radius 2 is 2.32 bits per heavy atom. The van der Waals surface area contributed by atoms with Crippen LogP contribution in [0.25, 0.3) is 0 Å². The number of amides is 1. The van der Waals surface area contributed by atoms with Crippen LogP contribution in [0.5, 0.6) is 0 Å². The van der Waals surface area contributed by atoms with E-state index < -0.39 is 0 Å². The Morgan fingerprint density at radius 1 is 1.47 bits per heavy atom. The van der Waals surface area contributed by atoms with E-state index >= 15 is 0 Å². The van der Waals surface area contributed by atoms with E-state index in [1.807, 2.05) is 19.2 Å². The summed E-state index contributed by atoms with van der Waals surface area (Å²) in [4.78, 5) is 16.1. The third kappa shape index (κ3) is 3.54. The fourth-order valence-electron chi connectivity index (χ4n) is 1.74. The van der Waals surface area contributed by atoms with Crippen molar-refractivity contribution in [2.24, 2.45) is 0 Å². The number of rotatable bonds is 5. The number of nitrogens with two attached hydrogens (primary N) is 1. The van der Waals surface area contributed by atoms with Crippen LogP contribution in [0.3, 0.4) is 0 Å². The molecule has 0 aliphatic heterocycles. The van der Waals surface area contributed by atoms with Gasteiger partial charge in [0.2, 0.25) is 0 Å². The molecular weight excluding hydrogens is 242 g/mol. The third-order valence-electron chi connectivity index (χ3n) is 2.71. The van der Waals surface area contributed by atoms with Gasteiger partial charge in [-0.05, 0) is 24.6 Å². The van der Waals surface area contributed by atoms with Crippen LogP contribution in [0.15, 0.2) is 30.6 Å². The lowest BCUT2D eigenvalue weighted by Gasteiger charge is -2.07. The fraction of sp³-hybridized carbons (Fsp3) is 0.308. The number of carbonyl (C=O) groups is 1. The summed E-state index contributed by atoms with van der Waals surface area (Å²) in [7, 11) is 0. The van der Waals surface area contributed by atoms with Crippen LogP contribution in [-0.2, 0) is 13.0 Å². The van der Waals surface area contributed by atoms with Gasteiger partial charge in [0.05, 0.1) is 6.54 Å². The molecule has 0 atom stereocenters. The van der Waals surface area contributed by atoms with Crippen molar-refractivity contribution in [2.75, 3.05) is 12.3 Å². The van der Waals surface area contributed by atoms with Gasteiger partial charge >= 0.3 is 0 Å². The Morgan fingerprint density at radius 3 is 3.00 bits per heavy atom. The predicted molar refractivity (Wildman–Crippen MR) is 72.6 cm³/mol. The number of nitrogens with zero attached hydrogens (tertiary/aromatic N) is 3. The van der Waals surface area contributed by atoms with Gasteiger partial charge in [-0.15, -0.1) is 0 Å². The summed E-state index contributed by atoms with van der Waals surface area (Å²) < 4.78 is 1.76. The maximum absolute atomic E-state index is 12.0. The molecule has 0 spiro atoms. The van der Waals surface area contributed by atoms with Gasteiger partial charge in [-0.1, -0.05) is 6.92 Å². The van der Waals surface area contributed by atoms with Crippen molar-refractivity contribution in [3.8, 4) is 0 Å². The van der Waals surface area contributed by atoms with E-state index in [0.717, 1.165) is 12.1 Å². The molecule has 100 valence electrons. The van der Waals surface area contributed by atoms with E-state index in [2.05, 4.69) is 15.4 Å². The highest BCUT2D eigenvalue weighted by Crippen LogP contribution is 2.08. The number of nitrogens with one attached hydrogen (secondary N) is 1. The van der Waals surface area contributed by atoms with Gasteiger partial charge in [0, 0.05) is 30.2 Å². The molecular formula is C13H17N5O. The van der Waals surface area contributed by atoms with Gasteiger partial charge in [-0.2, -0.15) is 5.10 Å². The molecule has 0 unspecified atom stereocenters. The first-order valence-corrected chi connectivity index (χ1v) is 6.21. The van der Waals surface area contributed by atoms with Crippen LogP contribution in [0, 0.1) is 0 Å². The molecule has 0 saturated heterocycles. The molecule has 0 fully saturated rings. The first-order chi connectivity index (χ1) is 9.19. The van der Waals surface area contributed by atoms with E-state index in [9.17, 15) is 4.79 Å². The van der Waals surface area contributed by atoms with E-state index in [-0.39, 0.29) is 5.91 Å². The Labute approximate surface area is 111 Å². The van der Waals surface area contributed by atoms with Crippen LogP contribution >= 0.6 is 0 Å². The second-order valence-corrected chi connectivity index (χ2v) is 4.15. The molecule has 0 radical (unpaired) electrons. The summed E-state index contributed by atoms with van der Waals surface area (Å²) in [6.45, 7) is 3.13. The zero-order chi connectivity index (χ0) is 13.7. The lowest BCUT2D eigenvalue weighted by atomic mass is 10.2. The number of anilines is 1. The summed E-state index contributed by atoms with van der Waals surface area (Å²) in [5, 5.41) is 6.90. The Kier molecular flexibility index (Phi) is 4.12. The van der Waals surface area contributed by atoms with Crippen molar-refractivity contribution in [3.63, 3.8) is 0 Å². The largest absolute Gasteiger partial charge is 0.384 e. The number of pyridine rings is 1. The molecule has 2 aromatic rings. The van der Waals surface area contributed by atoms with Crippen molar-refractivity contribution in [1.29, 1.82) is 0 Å². The monoisotopic (exact) mass is 259 g/mol. The Bertz CT molecular complexity index is 550. The zero-order valence-electron chi connectivity index (χ0n) is 10.8. The van der Waals surface area contributed by atoms with Crippen LogP contribution in [0.4, 0.5) is 5.82 Å². The van der Waals surface area contributed by atoms with Gasteiger partial charge in [0.25, 0.3) is 5.91 Å². The van der Waals surface area contributed by atoms with Crippen molar-refractivity contribution in [2.45, 2.75) is 19.9 Å². The van der Waals surface area contributed by atoms with Crippen molar-refractivity contribution in [1.82, 2.24) is 20.1 Å². The molecule has 2 heterocycles. The molecule has 6 heteroatoms. The lowest BCUT2D eigenvalue weighted by Crippen LogP contribution is -2.27. The first kappa shape index (κ1) is 13.1. The third-order valence-corrected chi connectivity index (χ3v) is 2.71. The molecule has 6 nitrogen and oxygen atoms in total. The molecule has 0 aliphatic carbocycles. The van der Waals surface area contributed by atoms with E-state index in [1.54, 1.807) is 23.0 Å². The maximum atomic E-state index is 12.0. The van der Waals surface area contributed by atoms with Gasteiger partial charge in [0.1, 0.15) is 5.82 Å². The van der Waals surface area contributed by atoms with Gasteiger partial charge in [-0.25, -0.2) is 4.98 Å². The van der Waals surface area contributed by atoms with Crippen molar-refractivity contribution >= 4 is 11.7 Å². The number of aromatic nitrogens is 3. The topological polar surface area (TPSA) is 85.8 Å². The quantitative estimate of drug-likeness (QED) is 0.833. The molecule has 19 heavy (non-hydrogen) atoms. The minimum atomic E-state index is -0.143. The summed E-state index contributed by atoms with van der Waals surface area (Å²) in [5.41, 5.74) is 7.04. The molecule has 0 bridgehead atoms. The SMILES string of the molecule is CCc1cc(C(=O)NCCn2cccn2)cc(N)n1. The Hall–Kier alpha value is -2.37.